The summed E-state index contributed by atoms with van der Waals surface area (Å²) < 4.78 is 73.4. The van der Waals surface area contributed by atoms with Crippen LogP contribution in [-0.4, -0.2) is 52.4 Å². The Balaban J connectivity index is 1.68. The van der Waals surface area contributed by atoms with Crippen molar-refractivity contribution in [3.8, 4) is 33.9 Å². The van der Waals surface area contributed by atoms with E-state index in [1.165, 1.54) is 31.0 Å². The van der Waals surface area contributed by atoms with Gasteiger partial charge in [-0.05, 0) is 36.2 Å². The summed E-state index contributed by atoms with van der Waals surface area (Å²) in [6.45, 7) is -2.11. The largest absolute Gasteiger partial charge is 0.496 e. The molecular formula is C25H23F4N5O4. The summed E-state index contributed by atoms with van der Waals surface area (Å²) >= 11 is 0. The maximum Gasteiger partial charge on any atom is 0.387 e. The summed E-state index contributed by atoms with van der Waals surface area (Å²) in [5.41, 5.74) is 6.37. The molecule has 4 aromatic rings. The number of methoxy groups -OCH3 is 1. The van der Waals surface area contributed by atoms with E-state index >= 15 is 0 Å². The number of rotatable bonds is 8. The fourth-order valence-electron chi connectivity index (χ4n) is 4.77. The number of alkyl halides is 4. The molecule has 38 heavy (non-hydrogen) atoms. The Bertz CT molecular complexity index is 1510. The van der Waals surface area contributed by atoms with Crippen LogP contribution >= 0.6 is 0 Å². The van der Waals surface area contributed by atoms with Gasteiger partial charge in [0, 0.05) is 41.9 Å². The second kappa shape index (κ2) is 9.97. The second-order valence-electron chi connectivity index (χ2n) is 8.75. The molecule has 0 unspecified atom stereocenters. The zero-order valence-corrected chi connectivity index (χ0v) is 20.3. The third-order valence-corrected chi connectivity index (χ3v) is 6.44. The van der Waals surface area contributed by atoms with Crippen molar-refractivity contribution in [2.24, 2.45) is 12.8 Å². The maximum absolute atomic E-state index is 14.4. The number of hydrogen-bond donors (Lipinski definition) is 1. The van der Waals surface area contributed by atoms with Crippen LogP contribution in [0.15, 0.2) is 36.7 Å². The molecule has 9 nitrogen and oxygen atoms in total. The van der Waals surface area contributed by atoms with Crippen LogP contribution < -0.4 is 15.2 Å². The molecule has 13 heteroatoms. The lowest BCUT2D eigenvalue weighted by molar-refractivity contribution is -0.0502. The molecule has 1 aliphatic rings. The first-order valence-electron chi connectivity index (χ1n) is 11.6. The molecule has 0 spiro atoms. The molecule has 0 saturated carbocycles. The van der Waals surface area contributed by atoms with Gasteiger partial charge >= 0.3 is 6.61 Å². The summed E-state index contributed by atoms with van der Waals surface area (Å²) in [7, 11) is 2.75. The van der Waals surface area contributed by atoms with E-state index in [2.05, 4.69) is 14.9 Å². The number of primary amides is 1. The van der Waals surface area contributed by atoms with Gasteiger partial charge in [0.2, 0.25) is 0 Å². The number of hydrogen-bond acceptors (Lipinski definition) is 6. The van der Waals surface area contributed by atoms with Crippen LogP contribution in [0, 0.1) is 0 Å². The zero-order chi connectivity index (χ0) is 27.1. The van der Waals surface area contributed by atoms with Crippen LogP contribution in [-0.2, 0) is 11.8 Å². The zero-order valence-electron chi connectivity index (χ0n) is 20.3. The van der Waals surface area contributed by atoms with Crippen molar-refractivity contribution in [2.45, 2.75) is 25.5 Å². The molecule has 2 aromatic heterocycles. The summed E-state index contributed by atoms with van der Waals surface area (Å²) in [5, 5.41) is 8.90. The average Bonchev–Trinajstić information content (AvgIpc) is 3.61. The molecule has 5 rings (SSSR count). The smallest absolute Gasteiger partial charge is 0.387 e. The lowest BCUT2D eigenvalue weighted by Gasteiger charge is -2.15. The number of benzene rings is 2. The van der Waals surface area contributed by atoms with Gasteiger partial charge in [0.05, 0.1) is 37.2 Å². The van der Waals surface area contributed by atoms with Crippen LogP contribution in [0.2, 0.25) is 0 Å². The average molecular weight is 533 g/mol. The number of aromatic nitrogens is 4. The highest BCUT2D eigenvalue weighted by atomic mass is 19.3. The molecule has 1 amide bonds. The van der Waals surface area contributed by atoms with Crippen molar-refractivity contribution < 1.29 is 36.6 Å². The summed E-state index contributed by atoms with van der Waals surface area (Å²) in [4.78, 5) is 11.9. The quantitative estimate of drug-likeness (QED) is 0.329. The number of ether oxygens (including phenoxy) is 3. The van der Waals surface area contributed by atoms with E-state index in [0.29, 0.717) is 24.3 Å². The lowest BCUT2D eigenvalue weighted by atomic mass is 9.97. The van der Waals surface area contributed by atoms with Gasteiger partial charge in [-0.25, -0.2) is 8.78 Å². The number of aryl methyl sites for hydroxylation is 1. The molecule has 1 atom stereocenters. The first kappa shape index (κ1) is 25.5. The van der Waals surface area contributed by atoms with Gasteiger partial charge in [-0.2, -0.15) is 19.0 Å². The van der Waals surface area contributed by atoms with Gasteiger partial charge in [0.25, 0.3) is 12.3 Å². The Morgan fingerprint density at radius 1 is 1.13 bits per heavy atom. The highest BCUT2D eigenvalue weighted by Gasteiger charge is 2.26. The number of nitrogens with zero attached hydrogens (tertiary/aromatic N) is 4. The Labute approximate surface area is 213 Å². The number of nitrogens with two attached hydrogens (primary N) is 1. The van der Waals surface area contributed by atoms with Gasteiger partial charge in [0.15, 0.2) is 0 Å². The Kier molecular flexibility index (Phi) is 6.69. The minimum absolute atomic E-state index is 0.0755. The standard InChI is InChI=1S/C25H23F4N5O4/c1-33-22(13-7-18(36-2)21(24(30)35)19(8-13)38-25(28)29)20-16(23(26)27)5-12(6-17(20)32-33)14-9-31-34(10-14)15-3-4-37-11-15/h5-10,15,23,25H,3-4,11H2,1-2H3,(H2,30,35)/t15-/m1/s1. The monoisotopic (exact) mass is 533 g/mol. The normalized spacial score (nSPS) is 15.6. The second-order valence-corrected chi connectivity index (χ2v) is 8.75. The van der Waals surface area contributed by atoms with Gasteiger partial charge < -0.3 is 19.9 Å². The molecule has 1 fully saturated rings. The van der Waals surface area contributed by atoms with Gasteiger partial charge in [-0.1, -0.05) is 0 Å². The van der Waals surface area contributed by atoms with Crippen LogP contribution in [0.5, 0.6) is 11.5 Å². The van der Waals surface area contributed by atoms with Crippen molar-refractivity contribution in [3.05, 3.63) is 47.8 Å². The van der Waals surface area contributed by atoms with E-state index < -0.39 is 30.3 Å². The predicted octanol–water partition coefficient (Wildman–Crippen LogP) is 4.71. The predicted molar refractivity (Wildman–Crippen MR) is 129 cm³/mol. The Hall–Kier alpha value is -4.13. The molecule has 1 aliphatic heterocycles. The van der Waals surface area contributed by atoms with Crippen molar-refractivity contribution >= 4 is 16.8 Å². The summed E-state index contributed by atoms with van der Waals surface area (Å²) in [6.07, 6.45) is 1.30. The van der Waals surface area contributed by atoms with Gasteiger partial charge in [0.1, 0.15) is 17.1 Å². The lowest BCUT2D eigenvalue weighted by Crippen LogP contribution is -2.16. The first-order chi connectivity index (χ1) is 18.2. The number of carbonyl (C=O) groups excluding carboxylic acids is 1. The number of halogens is 4. The van der Waals surface area contributed by atoms with E-state index in [1.807, 2.05) is 0 Å². The molecular weight excluding hydrogens is 510 g/mol. The van der Waals surface area contributed by atoms with Crippen molar-refractivity contribution in [3.63, 3.8) is 0 Å². The third kappa shape index (κ3) is 4.53. The molecule has 1 saturated heterocycles. The van der Waals surface area contributed by atoms with Crippen molar-refractivity contribution in [1.29, 1.82) is 0 Å². The molecule has 0 aliphatic carbocycles. The fourth-order valence-corrected chi connectivity index (χ4v) is 4.77. The molecule has 2 N–H and O–H groups in total. The van der Waals surface area contributed by atoms with Gasteiger partial charge in [-0.15, -0.1) is 0 Å². The molecule has 3 heterocycles. The van der Waals surface area contributed by atoms with Crippen LogP contribution in [0.1, 0.15) is 34.8 Å². The van der Waals surface area contributed by atoms with Crippen LogP contribution in [0.25, 0.3) is 33.3 Å². The third-order valence-electron chi connectivity index (χ3n) is 6.44. The van der Waals surface area contributed by atoms with Crippen LogP contribution in [0.4, 0.5) is 17.6 Å². The topological polar surface area (TPSA) is 106 Å². The molecule has 0 radical (unpaired) electrons. The fraction of sp³-hybridized carbons (Fsp3) is 0.320. The number of amides is 1. The van der Waals surface area contributed by atoms with E-state index in [1.54, 1.807) is 23.1 Å². The molecule has 200 valence electrons. The summed E-state index contributed by atoms with van der Waals surface area (Å²) in [5.74, 6) is -1.75. The van der Waals surface area contributed by atoms with E-state index in [0.717, 1.165) is 12.5 Å². The molecule has 0 bridgehead atoms. The number of carbonyl (C=O) groups is 1. The van der Waals surface area contributed by atoms with Gasteiger partial charge in [-0.3, -0.25) is 14.2 Å². The summed E-state index contributed by atoms with van der Waals surface area (Å²) in [6, 6.07) is 5.55. The van der Waals surface area contributed by atoms with E-state index in [4.69, 9.17) is 15.2 Å². The van der Waals surface area contributed by atoms with Crippen molar-refractivity contribution in [2.75, 3.05) is 20.3 Å². The van der Waals surface area contributed by atoms with E-state index in [9.17, 15) is 22.4 Å². The number of fused-ring (bicyclic) bond motifs is 1. The molecule has 2 aromatic carbocycles. The minimum Gasteiger partial charge on any atom is -0.496 e. The Morgan fingerprint density at radius 2 is 1.89 bits per heavy atom. The maximum atomic E-state index is 14.4. The SMILES string of the molecule is COc1cc(-c2c3c(C(F)F)cc(-c4cnn([C@@H]5CCOC5)c4)cc3nn2C)cc(OC(F)F)c1C(N)=O. The first-order valence-corrected chi connectivity index (χ1v) is 11.6. The van der Waals surface area contributed by atoms with E-state index in [-0.39, 0.29) is 39.5 Å². The highest BCUT2D eigenvalue weighted by Crippen LogP contribution is 2.42. The van der Waals surface area contributed by atoms with Crippen molar-refractivity contribution in [1.82, 2.24) is 19.6 Å². The highest BCUT2D eigenvalue weighted by molar-refractivity contribution is 6.02. The Morgan fingerprint density at radius 3 is 2.53 bits per heavy atom. The van der Waals surface area contributed by atoms with Crippen LogP contribution in [0.3, 0.4) is 0 Å². The minimum atomic E-state index is -3.27.